The third kappa shape index (κ3) is 3.18. The Morgan fingerprint density at radius 1 is 1.50 bits per heavy atom. The van der Waals surface area contributed by atoms with E-state index >= 15 is 0 Å². The number of nitrogens with zero attached hydrogens (tertiary/aromatic N) is 1. The van der Waals surface area contributed by atoms with Crippen molar-refractivity contribution in [1.29, 1.82) is 0 Å². The van der Waals surface area contributed by atoms with Crippen LogP contribution in [0.4, 0.5) is 0 Å². The van der Waals surface area contributed by atoms with Crippen LogP contribution in [0.1, 0.15) is 12.8 Å². The second-order valence-corrected chi connectivity index (χ2v) is 4.04. The summed E-state index contributed by atoms with van der Waals surface area (Å²) in [6, 6.07) is 0. The monoisotopic (exact) mass is 192 g/mol. The quantitative estimate of drug-likeness (QED) is 0.614. The summed E-state index contributed by atoms with van der Waals surface area (Å²) >= 11 is -1.96. The maximum absolute atomic E-state index is 10.3. The van der Waals surface area contributed by atoms with E-state index in [1.807, 2.05) is 4.90 Å². The van der Waals surface area contributed by atoms with Gasteiger partial charge in [-0.1, -0.05) is 0 Å². The molecular weight excluding hydrogens is 178 g/mol. The number of aliphatic hydroxyl groups excluding tert-OH is 1. The SMILES string of the molecule is O=S([O-])CN1CCC(CO)CC1. The highest BCUT2D eigenvalue weighted by molar-refractivity contribution is 7.79. The zero-order valence-electron chi connectivity index (χ0n) is 6.94. The van der Waals surface area contributed by atoms with Gasteiger partial charge in [0, 0.05) is 6.61 Å². The molecule has 12 heavy (non-hydrogen) atoms. The van der Waals surface area contributed by atoms with Crippen LogP contribution in [0, 0.1) is 5.92 Å². The van der Waals surface area contributed by atoms with Crippen LogP contribution >= 0.6 is 0 Å². The Kier molecular flexibility index (Phi) is 4.14. The van der Waals surface area contributed by atoms with Crippen LogP contribution in [0.3, 0.4) is 0 Å². The Morgan fingerprint density at radius 2 is 2.08 bits per heavy atom. The summed E-state index contributed by atoms with van der Waals surface area (Å²) in [6.45, 7) is 1.81. The smallest absolute Gasteiger partial charge is 0.0613 e. The average Bonchev–Trinajstić information content (AvgIpc) is 2.05. The van der Waals surface area contributed by atoms with Crippen LogP contribution < -0.4 is 0 Å². The molecule has 1 aliphatic heterocycles. The molecule has 1 saturated heterocycles. The zero-order chi connectivity index (χ0) is 8.97. The van der Waals surface area contributed by atoms with E-state index < -0.39 is 11.1 Å². The molecular formula is C7H14NO3S-. The largest absolute Gasteiger partial charge is 0.771 e. The van der Waals surface area contributed by atoms with E-state index in [9.17, 15) is 8.76 Å². The fourth-order valence-electron chi connectivity index (χ4n) is 1.45. The van der Waals surface area contributed by atoms with E-state index in [1.165, 1.54) is 0 Å². The van der Waals surface area contributed by atoms with Crippen molar-refractivity contribution in [2.75, 3.05) is 25.6 Å². The first-order valence-corrected chi connectivity index (χ1v) is 5.36. The van der Waals surface area contributed by atoms with E-state index in [2.05, 4.69) is 0 Å². The van der Waals surface area contributed by atoms with Gasteiger partial charge in [0.25, 0.3) is 0 Å². The van der Waals surface area contributed by atoms with E-state index in [1.54, 1.807) is 0 Å². The summed E-state index contributed by atoms with van der Waals surface area (Å²) in [5.74, 6) is 0.513. The Hall–Kier alpha value is 0.0300. The van der Waals surface area contributed by atoms with Gasteiger partial charge >= 0.3 is 0 Å². The minimum Gasteiger partial charge on any atom is -0.771 e. The molecule has 0 saturated carbocycles. The first-order chi connectivity index (χ1) is 5.72. The minimum atomic E-state index is -1.96. The van der Waals surface area contributed by atoms with Gasteiger partial charge in [-0.3, -0.25) is 9.11 Å². The van der Waals surface area contributed by atoms with Crippen LogP contribution in [-0.2, 0) is 11.1 Å². The van der Waals surface area contributed by atoms with Gasteiger partial charge in [0.05, 0.1) is 5.88 Å². The zero-order valence-corrected chi connectivity index (χ0v) is 7.76. The fourth-order valence-corrected chi connectivity index (χ4v) is 2.00. The lowest BCUT2D eigenvalue weighted by atomic mass is 9.98. The van der Waals surface area contributed by atoms with Crippen molar-refractivity contribution in [3.63, 3.8) is 0 Å². The third-order valence-electron chi connectivity index (χ3n) is 2.25. The summed E-state index contributed by atoms with van der Waals surface area (Å²) in [6.07, 6.45) is 1.82. The standard InChI is InChI=1S/C7H15NO3S/c9-5-7-1-3-8(4-2-7)6-12(10)11/h7,9H,1-6H2,(H,10,11)/p-1. The second kappa shape index (κ2) is 4.91. The lowest BCUT2D eigenvalue weighted by molar-refractivity contribution is 0.143. The summed E-state index contributed by atoms with van der Waals surface area (Å²) in [4.78, 5) is 1.90. The lowest BCUT2D eigenvalue weighted by Gasteiger charge is -2.31. The molecule has 0 amide bonds. The molecule has 0 radical (unpaired) electrons. The first-order valence-electron chi connectivity index (χ1n) is 4.11. The molecule has 1 N–H and O–H groups in total. The van der Waals surface area contributed by atoms with Crippen molar-refractivity contribution < 1.29 is 13.9 Å². The van der Waals surface area contributed by atoms with E-state index in [0.29, 0.717) is 5.92 Å². The van der Waals surface area contributed by atoms with Gasteiger partial charge in [-0.2, -0.15) is 0 Å². The summed E-state index contributed by atoms with van der Waals surface area (Å²) in [5.41, 5.74) is 0. The molecule has 0 bridgehead atoms. The van der Waals surface area contributed by atoms with Crippen molar-refractivity contribution in [3.05, 3.63) is 0 Å². The highest BCUT2D eigenvalue weighted by atomic mass is 32.2. The molecule has 0 aliphatic carbocycles. The maximum Gasteiger partial charge on any atom is 0.0613 e. The highest BCUT2D eigenvalue weighted by Crippen LogP contribution is 2.15. The number of aliphatic hydroxyl groups is 1. The molecule has 1 atom stereocenters. The molecule has 5 heteroatoms. The molecule has 1 unspecified atom stereocenters. The molecule has 4 nitrogen and oxygen atoms in total. The van der Waals surface area contributed by atoms with Crippen molar-refractivity contribution in [2.24, 2.45) is 5.92 Å². The van der Waals surface area contributed by atoms with Crippen LogP contribution in [-0.4, -0.2) is 44.3 Å². The molecule has 0 aromatic carbocycles. The van der Waals surface area contributed by atoms with Crippen LogP contribution in [0.5, 0.6) is 0 Å². The highest BCUT2D eigenvalue weighted by Gasteiger charge is 2.17. The fraction of sp³-hybridized carbons (Fsp3) is 1.00. The topological polar surface area (TPSA) is 63.6 Å². The van der Waals surface area contributed by atoms with E-state index in [4.69, 9.17) is 5.11 Å². The number of likely N-dealkylation sites (tertiary alicyclic amines) is 1. The Bertz CT molecular complexity index is 157. The lowest BCUT2D eigenvalue weighted by Crippen LogP contribution is -2.36. The van der Waals surface area contributed by atoms with Gasteiger partial charge in [-0.25, -0.2) is 0 Å². The summed E-state index contributed by atoms with van der Waals surface area (Å²) in [7, 11) is 0. The number of hydrogen-bond donors (Lipinski definition) is 1. The van der Waals surface area contributed by atoms with Crippen molar-refractivity contribution >= 4 is 11.1 Å². The number of hydrogen-bond acceptors (Lipinski definition) is 4. The van der Waals surface area contributed by atoms with Crippen molar-refractivity contribution in [3.8, 4) is 0 Å². The number of rotatable bonds is 3. The predicted octanol–water partition coefficient (Wildman–Crippen LogP) is -0.473. The third-order valence-corrected chi connectivity index (χ3v) is 2.83. The molecule has 0 aromatic heterocycles. The minimum absolute atomic E-state index is 0.137. The van der Waals surface area contributed by atoms with Gasteiger partial charge in [-0.05, 0) is 42.9 Å². The molecule has 0 aromatic rings. The molecule has 1 heterocycles. The van der Waals surface area contributed by atoms with Gasteiger partial charge in [0.1, 0.15) is 0 Å². The van der Waals surface area contributed by atoms with Crippen LogP contribution in [0.15, 0.2) is 0 Å². The maximum atomic E-state index is 10.3. The van der Waals surface area contributed by atoms with Gasteiger partial charge in [0.15, 0.2) is 0 Å². The molecule has 72 valence electrons. The van der Waals surface area contributed by atoms with Crippen molar-refractivity contribution in [2.45, 2.75) is 12.8 Å². The van der Waals surface area contributed by atoms with Crippen molar-refractivity contribution in [1.82, 2.24) is 4.90 Å². The second-order valence-electron chi connectivity index (χ2n) is 3.18. The summed E-state index contributed by atoms with van der Waals surface area (Å²) < 4.78 is 20.7. The van der Waals surface area contributed by atoms with Gasteiger partial charge in [0.2, 0.25) is 0 Å². The van der Waals surface area contributed by atoms with E-state index in [-0.39, 0.29) is 12.5 Å². The average molecular weight is 192 g/mol. The summed E-state index contributed by atoms with van der Waals surface area (Å²) in [5, 5.41) is 8.82. The Labute approximate surface area is 74.9 Å². The Morgan fingerprint density at radius 3 is 2.50 bits per heavy atom. The first kappa shape index (κ1) is 10.1. The Balaban J connectivity index is 2.21. The predicted molar refractivity (Wildman–Crippen MR) is 45.2 cm³/mol. The van der Waals surface area contributed by atoms with Crippen LogP contribution in [0.2, 0.25) is 0 Å². The van der Waals surface area contributed by atoms with E-state index in [0.717, 1.165) is 25.9 Å². The van der Waals surface area contributed by atoms with Gasteiger partial charge < -0.3 is 9.66 Å². The molecule has 1 rings (SSSR count). The van der Waals surface area contributed by atoms with Crippen LogP contribution in [0.25, 0.3) is 0 Å². The normalized spacial score (nSPS) is 24.2. The molecule has 0 spiro atoms. The molecule has 1 fully saturated rings. The molecule has 1 aliphatic rings. The number of piperidine rings is 1. The van der Waals surface area contributed by atoms with Gasteiger partial charge in [-0.15, -0.1) is 0 Å².